The van der Waals surface area contributed by atoms with Gasteiger partial charge in [0.15, 0.2) is 0 Å². The van der Waals surface area contributed by atoms with Gasteiger partial charge in [-0.05, 0) is 25.0 Å². The van der Waals surface area contributed by atoms with E-state index < -0.39 is 0 Å². The Balaban J connectivity index is 1.45. The normalized spacial score (nSPS) is 17.7. The molecule has 0 spiro atoms. The summed E-state index contributed by atoms with van der Waals surface area (Å²) in [5.74, 6) is 0.890. The zero-order chi connectivity index (χ0) is 16.8. The Hall–Kier alpha value is -2.48. The summed E-state index contributed by atoms with van der Waals surface area (Å²) in [6.45, 7) is 3.70. The topological polar surface area (TPSA) is 93.4 Å². The average Bonchev–Trinajstić information content (AvgIpc) is 3.04. The maximum atomic E-state index is 12.3. The number of hydrogen-bond acceptors (Lipinski definition) is 6. The van der Waals surface area contributed by atoms with Crippen molar-refractivity contribution in [2.45, 2.75) is 39.0 Å². The number of amides is 2. The van der Waals surface area contributed by atoms with Gasteiger partial charge in [-0.3, -0.25) is 4.98 Å². The highest BCUT2D eigenvalue weighted by Crippen LogP contribution is 2.15. The van der Waals surface area contributed by atoms with Gasteiger partial charge >= 0.3 is 6.03 Å². The van der Waals surface area contributed by atoms with E-state index in [0.717, 1.165) is 25.1 Å². The number of piperidine rings is 1. The van der Waals surface area contributed by atoms with E-state index in [-0.39, 0.29) is 18.7 Å². The van der Waals surface area contributed by atoms with Crippen molar-refractivity contribution in [2.24, 2.45) is 0 Å². The number of nitrogens with zero attached hydrogens (tertiary/aromatic N) is 4. The van der Waals surface area contributed by atoms with Gasteiger partial charge in [-0.1, -0.05) is 6.07 Å². The molecule has 1 aliphatic rings. The fraction of sp³-hybridized carbons (Fsp3) is 0.500. The van der Waals surface area contributed by atoms with E-state index in [2.05, 4.69) is 20.5 Å². The number of hydrogen-bond donors (Lipinski definition) is 1. The number of likely N-dealkylation sites (tertiary alicyclic amines) is 1. The van der Waals surface area contributed by atoms with E-state index in [1.165, 1.54) is 0 Å². The number of carbonyl (C=O) groups excluding carboxylic acids is 1. The van der Waals surface area contributed by atoms with Crippen molar-refractivity contribution in [2.75, 3.05) is 13.1 Å². The van der Waals surface area contributed by atoms with Crippen molar-refractivity contribution < 1.29 is 13.9 Å². The molecule has 2 amide bonds. The number of carbonyl (C=O) groups is 1. The molecule has 1 atom stereocenters. The fourth-order valence-corrected chi connectivity index (χ4v) is 2.62. The number of rotatable bonds is 5. The molecule has 1 fully saturated rings. The quantitative estimate of drug-likeness (QED) is 0.895. The lowest BCUT2D eigenvalue weighted by atomic mass is 10.1. The van der Waals surface area contributed by atoms with E-state index >= 15 is 0 Å². The summed E-state index contributed by atoms with van der Waals surface area (Å²) in [6.07, 6.45) is 3.63. The molecular weight excluding hydrogens is 310 g/mol. The van der Waals surface area contributed by atoms with Crippen molar-refractivity contribution in [1.82, 2.24) is 25.4 Å². The summed E-state index contributed by atoms with van der Waals surface area (Å²) in [4.78, 5) is 18.3. The number of ether oxygens (including phenoxy) is 1. The SMILES string of the molecule is Cc1nnc(CNC(=O)N2CCCC(OCc3ccccn3)C2)o1. The Morgan fingerprint density at radius 1 is 1.46 bits per heavy atom. The average molecular weight is 331 g/mol. The van der Waals surface area contributed by atoms with Crippen molar-refractivity contribution in [3.05, 3.63) is 41.9 Å². The molecule has 2 aromatic rings. The van der Waals surface area contributed by atoms with Gasteiger partial charge in [0.05, 0.1) is 24.9 Å². The second kappa shape index (κ2) is 7.87. The molecule has 1 saturated heterocycles. The van der Waals surface area contributed by atoms with Gasteiger partial charge in [0.1, 0.15) is 0 Å². The van der Waals surface area contributed by atoms with Crippen molar-refractivity contribution in [3.63, 3.8) is 0 Å². The molecule has 0 aromatic carbocycles. The van der Waals surface area contributed by atoms with Gasteiger partial charge in [0.25, 0.3) is 0 Å². The smallest absolute Gasteiger partial charge is 0.317 e. The van der Waals surface area contributed by atoms with E-state index in [9.17, 15) is 4.79 Å². The summed E-state index contributed by atoms with van der Waals surface area (Å²) in [5, 5.41) is 10.4. The monoisotopic (exact) mass is 331 g/mol. The first-order chi connectivity index (χ1) is 11.7. The summed E-state index contributed by atoms with van der Waals surface area (Å²) >= 11 is 0. The van der Waals surface area contributed by atoms with Crippen LogP contribution in [0.3, 0.4) is 0 Å². The summed E-state index contributed by atoms with van der Waals surface area (Å²) < 4.78 is 11.1. The Morgan fingerprint density at radius 2 is 2.38 bits per heavy atom. The van der Waals surface area contributed by atoms with Crippen LogP contribution in [0.5, 0.6) is 0 Å². The zero-order valence-corrected chi connectivity index (χ0v) is 13.6. The van der Waals surface area contributed by atoms with Crippen LogP contribution in [0.25, 0.3) is 0 Å². The molecule has 8 nitrogen and oxygen atoms in total. The number of pyridine rings is 1. The van der Waals surface area contributed by atoms with Crippen LogP contribution in [-0.4, -0.2) is 45.3 Å². The first-order valence-corrected chi connectivity index (χ1v) is 8.04. The lowest BCUT2D eigenvalue weighted by Crippen LogP contribution is -2.47. The van der Waals surface area contributed by atoms with E-state index in [4.69, 9.17) is 9.15 Å². The lowest BCUT2D eigenvalue weighted by Gasteiger charge is -2.32. The summed E-state index contributed by atoms with van der Waals surface area (Å²) in [5.41, 5.74) is 0.894. The number of nitrogens with one attached hydrogen (secondary N) is 1. The molecule has 3 heterocycles. The minimum Gasteiger partial charge on any atom is -0.424 e. The van der Waals surface area contributed by atoms with Crippen molar-refractivity contribution in [3.8, 4) is 0 Å². The third-order valence-corrected chi connectivity index (χ3v) is 3.82. The molecule has 0 radical (unpaired) electrons. The predicted octanol–water partition coefficient (Wildman–Crippen LogP) is 1.66. The molecular formula is C16H21N5O3. The first kappa shape index (κ1) is 16.4. The summed E-state index contributed by atoms with van der Waals surface area (Å²) in [6, 6.07) is 5.60. The highest BCUT2D eigenvalue weighted by atomic mass is 16.5. The van der Waals surface area contributed by atoms with E-state index in [0.29, 0.717) is 24.9 Å². The molecule has 3 rings (SSSR count). The summed E-state index contributed by atoms with van der Waals surface area (Å²) in [7, 11) is 0. The van der Waals surface area contributed by atoms with Crippen LogP contribution in [0.1, 0.15) is 30.3 Å². The Bertz CT molecular complexity index is 661. The van der Waals surface area contributed by atoms with Crippen LogP contribution in [0.4, 0.5) is 4.79 Å². The third kappa shape index (κ3) is 4.51. The van der Waals surface area contributed by atoms with Gasteiger partial charge in [-0.15, -0.1) is 10.2 Å². The Morgan fingerprint density at radius 3 is 3.12 bits per heavy atom. The molecule has 24 heavy (non-hydrogen) atoms. The molecule has 1 aliphatic heterocycles. The molecule has 0 saturated carbocycles. The largest absolute Gasteiger partial charge is 0.424 e. The molecule has 8 heteroatoms. The molecule has 2 aromatic heterocycles. The zero-order valence-electron chi connectivity index (χ0n) is 13.6. The maximum absolute atomic E-state index is 12.3. The van der Waals surface area contributed by atoms with Crippen LogP contribution >= 0.6 is 0 Å². The molecule has 1 unspecified atom stereocenters. The standard InChI is InChI=1S/C16H21N5O3/c1-12-19-20-15(24-12)9-18-16(22)21-8-4-6-14(10-21)23-11-13-5-2-3-7-17-13/h2-3,5,7,14H,4,6,8-11H2,1H3,(H,18,22). The minimum atomic E-state index is -0.142. The van der Waals surface area contributed by atoms with Crippen LogP contribution in [0, 0.1) is 6.92 Å². The number of urea groups is 1. The predicted molar refractivity (Wildman–Crippen MR) is 84.9 cm³/mol. The second-order valence-electron chi connectivity index (χ2n) is 5.72. The number of aromatic nitrogens is 3. The molecule has 0 aliphatic carbocycles. The van der Waals surface area contributed by atoms with Gasteiger partial charge in [-0.2, -0.15) is 0 Å². The van der Waals surface area contributed by atoms with E-state index in [1.54, 1.807) is 18.0 Å². The molecule has 1 N–H and O–H groups in total. The van der Waals surface area contributed by atoms with Gasteiger partial charge < -0.3 is 19.4 Å². The number of aryl methyl sites for hydroxylation is 1. The van der Waals surface area contributed by atoms with Crippen LogP contribution in [-0.2, 0) is 17.9 Å². The van der Waals surface area contributed by atoms with Crippen LogP contribution < -0.4 is 5.32 Å². The van der Waals surface area contributed by atoms with Crippen LogP contribution in [0.2, 0.25) is 0 Å². The van der Waals surface area contributed by atoms with Crippen LogP contribution in [0.15, 0.2) is 28.8 Å². The van der Waals surface area contributed by atoms with Gasteiger partial charge in [-0.25, -0.2) is 4.79 Å². The maximum Gasteiger partial charge on any atom is 0.317 e. The van der Waals surface area contributed by atoms with Gasteiger partial charge in [0.2, 0.25) is 11.8 Å². The fourth-order valence-electron chi connectivity index (χ4n) is 2.62. The third-order valence-electron chi connectivity index (χ3n) is 3.82. The first-order valence-electron chi connectivity index (χ1n) is 8.04. The van der Waals surface area contributed by atoms with Gasteiger partial charge in [0, 0.05) is 26.2 Å². The Kier molecular flexibility index (Phi) is 5.37. The highest BCUT2D eigenvalue weighted by Gasteiger charge is 2.24. The second-order valence-corrected chi connectivity index (χ2v) is 5.72. The molecule has 128 valence electrons. The van der Waals surface area contributed by atoms with Crippen molar-refractivity contribution >= 4 is 6.03 Å². The molecule has 0 bridgehead atoms. The Labute approximate surface area is 140 Å². The lowest BCUT2D eigenvalue weighted by molar-refractivity contribution is -0.00172. The van der Waals surface area contributed by atoms with Crippen molar-refractivity contribution in [1.29, 1.82) is 0 Å². The highest BCUT2D eigenvalue weighted by molar-refractivity contribution is 5.74. The minimum absolute atomic E-state index is 0.0251. The van der Waals surface area contributed by atoms with E-state index in [1.807, 2.05) is 18.2 Å².